The molecule has 1 heterocycles. The van der Waals surface area contributed by atoms with Crippen molar-refractivity contribution in [3.63, 3.8) is 0 Å². The lowest BCUT2D eigenvalue weighted by molar-refractivity contribution is 0.102. The molecule has 0 atom stereocenters. The van der Waals surface area contributed by atoms with Gasteiger partial charge >= 0.3 is 0 Å². The van der Waals surface area contributed by atoms with Gasteiger partial charge in [0, 0.05) is 23.9 Å². The maximum atomic E-state index is 12.6. The maximum Gasteiger partial charge on any atom is 0.255 e. The summed E-state index contributed by atoms with van der Waals surface area (Å²) in [7, 11) is 3.41. The van der Waals surface area contributed by atoms with Crippen molar-refractivity contribution < 1.29 is 14.3 Å². The zero-order chi connectivity index (χ0) is 18.5. The first-order chi connectivity index (χ1) is 12.6. The van der Waals surface area contributed by atoms with E-state index in [1.54, 1.807) is 31.6 Å². The van der Waals surface area contributed by atoms with Crippen LogP contribution in [0.25, 0.3) is 11.4 Å². The summed E-state index contributed by atoms with van der Waals surface area (Å²) in [4.78, 5) is 12.6. The number of hydrogen-bond acceptors (Lipinski definition) is 5. The maximum absolute atomic E-state index is 12.6. The van der Waals surface area contributed by atoms with Crippen LogP contribution in [-0.4, -0.2) is 34.4 Å². The van der Waals surface area contributed by atoms with Gasteiger partial charge in [-0.1, -0.05) is 12.1 Å². The van der Waals surface area contributed by atoms with E-state index < -0.39 is 0 Å². The Morgan fingerprint density at radius 1 is 1.19 bits per heavy atom. The standard InChI is InChI=1S/C19H20N4O3/c1-4-26-16-9-8-14(11-17(16)25-3)19(24)21-15-7-5-6-13(10-15)18-22-20-12-23(18)2/h5-12H,4H2,1-3H3,(H,21,24). The number of nitrogens with zero attached hydrogens (tertiary/aromatic N) is 3. The Bertz CT molecular complexity index is 921. The van der Waals surface area contributed by atoms with E-state index in [0.717, 1.165) is 11.4 Å². The molecule has 2 aromatic carbocycles. The molecule has 1 amide bonds. The summed E-state index contributed by atoms with van der Waals surface area (Å²) in [6.45, 7) is 2.42. The second-order valence-electron chi connectivity index (χ2n) is 5.60. The minimum Gasteiger partial charge on any atom is -0.493 e. The highest BCUT2D eigenvalue weighted by Crippen LogP contribution is 2.28. The summed E-state index contributed by atoms with van der Waals surface area (Å²) >= 11 is 0. The Hall–Kier alpha value is -3.35. The van der Waals surface area contributed by atoms with E-state index in [1.807, 2.05) is 42.8 Å². The van der Waals surface area contributed by atoms with Gasteiger partial charge in [0.1, 0.15) is 6.33 Å². The summed E-state index contributed by atoms with van der Waals surface area (Å²) < 4.78 is 12.6. The topological polar surface area (TPSA) is 78.3 Å². The van der Waals surface area contributed by atoms with Gasteiger partial charge in [-0.3, -0.25) is 4.79 Å². The number of hydrogen-bond donors (Lipinski definition) is 1. The van der Waals surface area contributed by atoms with Gasteiger partial charge in [-0.15, -0.1) is 10.2 Å². The number of carbonyl (C=O) groups is 1. The zero-order valence-corrected chi connectivity index (χ0v) is 14.9. The lowest BCUT2D eigenvalue weighted by Gasteiger charge is -2.11. The minimum absolute atomic E-state index is 0.235. The Kier molecular flexibility index (Phi) is 5.17. The van der Waals surface area contributed by atoms with Crippen LogP contribution < -0.4 is 14.8 Å². The number of amides is 1. The molecule has 1 N–H and O–H groups in total. The number of aromatic nitrogens is 3. The zero-order valence-electron chi connectivity index (χ0n) is 14.9. The summed E-state index contributed by atoms with van der Waals surface area (Å²) in [5, 5.41) is 10.9. The summed E-state index contributed by atoms with van der Waals surface area (Å²) in [6, 6.07) is 12.5. The largest absolute Gasteiger partial charge is 0.493 e. The van der Waals surface area contributed by atoms with Crippen molar-refractivity contribution in [1.29, 1.82) is 0 Å². The predicted molar refractivity (Wildman–Crippen MR) is 98.6 cm³/mol. The second kappa shape index (κ2) is 7.69. The van der Waals surface area contributed by atoms with Gasteiger partial charge < -0.3 is 19.4 Å². The molecule has 0 radical (unpaired) electrons. The van der Waals surface area contributed by atoms with Gasteiger partial charge in [-0.05, 0) is 37.3 Å². The van der Waals surface area contributed by atoms with E-state index in [2.05, 4.69) is 15.5 Å². The number of methoxy groups -OCH3 is 1. The van der Waals surface area contributed by atoms with Gasteiger partial charge in [0.25, 0.3) is 5.91 Å². The molecule has 7 heteroatoms. The monoisotopic (exact) mass is 352 g/mol. The number of nitrogens with one attached hydrogen (secondary N) is 1. The smallest absolute Gasteiger partial charge is 0.255 e. The van der Waals surface area contributed by atoms with Gasteiger partial charge in [-0.25, -0.2) is 0 Å². The van der Waals surface area contributed by atoms with Gasteiger partial charge in [0.2, 0.25) is 0 Å². The Morgan fingerprint density at radius 3 is 2.73 bits per heavy atom. The Balaban J connectivity index is 1.81. The van der Waals surface area contributed by atoms with Crippen LogP contribution >= 0.6 is 0 Å². The van der Waals surface area contributed by atoms with Crippen LogP contribution in [0.3, 0.4) is 0 Å². The van der Waals surface area contributed by atoms with Crippen LogP contribution in [0.5, 0.6) is 11.5 Å². The number of anilines is 1. The van der Waals surface area contributed by atoms with Crippen molar-refractivity contribution in [3.05, 3.63) is 54.4 Å². The van der Waals surface area contributed by atoms with Crippen molar-refractivity contribution in [2.45, 2.75) is 6.92 Å². The molecule has 0 aliphatic carbocycles. The molecule has 7 nitrogen and oxygen atoms in total. The minimum atomic E-state index is -0.235. The normalized spacial score (nSPS) is 10.4. The predicted octanol–water partition coefficient (Wildman–Crippen LogP) is 3.14. The molecule has 1 aromatic heterocycles. The highest BCUT2D eigenvalue weighted by molar-refractivity contribution is 6.04. The van der Waals surface area contributed by atoms with E-state index in [4.69, 9.17) is 9.47 Å². The lowest BCUT2D eigenvalue weighted by atomic mass is 10.1. The van der Waals surface area contributed by atoms with Gasteiger partial charge in [-0.2, -0.15) is 0 Å². The van der Waals surface area contributed by atoms with Crippen molar-refractivity contribution in [2.24, 2.45) is 7.05 Å². The first-order valence-corrected chi connectivity index (χ1v) is 8.19. The molecule has 26 heavy (non-hydrogen) atoms. The van der Waals surface area contributed by atoms with Crippen LogP contribution in [0, 0.1) is 0 Å². The molecule has 0 bridgehead atoms. The number of carbonyl (C=O) groups excluding carboxylic acids is 1. The fourth-order valence-corrected chi connectivity index (χ4v) is 2.57. The molecular weight excluding hydrogens is 332 g/mol. The Labute approximate surface area is 151 Å². The quantitative estimate of drug-likeness (QED) is 0.737. The first kappa shape index (κ1) is 17.5. The highest BCUT2D eigenvalue weighted by atomic mass is 16.5. The molecule has 0 fully saturated rings. The first-order valence-electron chi connectivity index (χ1n) is 8.19. The molecule has 0 spiro atoms. The van der Waals surface area contributed by atoms with Crippen LogP contribution in [0.2, 0.25) is 0 Å². The van der Waals surface area contributed by atoms with E-state index in [1.165, 1.54) is 0 Å². The number of ether oxygens (including phenoxy) is 2. The molecule has 3 aromatic rings. The fraction of sp³-hybridized carbons (Fsp3) is 0.211. The average molecular weight is 352 g/mol. The molecule has 0 aliphatic heterocycles. The molecule has 0 saturated heterocycles. The van der Waals surface area contributed by atoms with Crippen molar-refractivity contribution >= 4 is 11.6 Å². The fourth-order valence-electron chi connectivity index (χ4n) is 2.57. The third-order valence-corrected chi connectivity index (χ3v) is 3.82. The average Bonchev–Trinajstić information content (AvgIpc) is 3.08. The van der Waals surface area contributed by atoms with Crippen LogP contribution in [0.15, 0.2) is 48.8 Å². The van der Waals surface area contributed by atoms with Gasteiger partial charge in [0.05, 0.1) is 13.7 Å². The molecule has 134 valence electrons. The van der Waals surface area contributed by atoms with E-state index in [-0.39, 0.29) is 5.91 Å². The van der Waals surface area contributed by atoms with Crippen molar-refractivity contribution in [2.75, 3.05) is 19.0 Å². The van der Waals surface area contributed by atoms with E-state index in [9.17, 15) is 4.79 Å². The molecular formula is C19H20N4O3. The van der Waals surface area contributed by atoms with Crippen molar-refractivity contribution in [3.8, 4) is 22.9 Å². The van der Waals surface area contributed by atoms with E-state index >= 15 is 0 Å². The van der Waals surface area contributed by atoms with Crippen LogP contribution in [0.4, 0.5) is 5.69 Å². The van der Waals surface area contributed by atoms with Crippen molar-refractivity contribution in [1.82, 2.24) is 14.8 Å². The Morgan fingerprint density at radius 2 is 2.04 bits per heavy atom. The van der Waals surface area contributed by atoms with Crippen LogP contribution in [-0.2, 0) is 7.05 Å². The molecule has 0 saturated carbocycles. The molecule has 3 rings (SSSR count). The number of aryl methyl sites for hydroxylation is 1. The number of benzene rings is 2. The van der Waals surface area contributed by atoms with E-state index in [0.29, 0.717) is 29.4 Å². The molecule has 0 unspecified atom stereocenters. The third kappa shape index (κ3) is 3.66. The SMILES string of the molecule is CCOc1ccc(C(=O)Nc2cccc(-c3nncn3C)c2)cc1OC. The highest BCUT2D eigenvalue weighted by Gasteiger charge is 2.12. The lowest BCUT2D eigenvalue weighted by Crippen LogP contribution is -2.12. The van der Waals surface area contributed by atoms with Gasteiger partial charge in [0.15, 0.2) is 17.3 Å². The van der Waals surface area contributed by atoms with Crippen LogP contribution in [0.1, 0.15) is 17.3 Å². The summed E-state index contributed by atoms with van der Waals surface area (Å²) in [6.07, 6.45) is 1.63. The summed E-state index contributed by atoms with van der Waals surface area (Å²) in [5.74, 6) is 1.62. The second-order valence-corrected chi connectivity index (χ2v) is 5.60. The third-order valence-electron chi connectivity index (χ3n) is 3.82. The number of rotatable bonds is 6. The molecule has 0 aliphatic rings. The summed E-state index contributed by atoms with van der Waals surface area (Å²) in [5.41, 5.74) is 2.02.